The molecule has 1 aromatic heterocycles. The molecule has 0 aromatic carbocycles. The van der Waals surface area contributed by atoms with Crippen molar-refractivity contribution in [3.8, 4) is 0 Å². The molecule has 1 rings (SSSR count). The molecule has 1 heterocycles. The van der Waals surface area contributed by atoms with E-state index in [4.69, 9.17) is 4.74 Å². The molecule has 6 heteroatoms. The standard InChI is InChI=1S/C9H11NO5/c1-4-6(11)13-5-9(2,3)7-10-15-8(12)14-7/h4H,1,5H2,2-3H3. The van der Waals surface area contributed by atoms with Crippen molar-refractivity contribution in [1.29, 1.82) is 0 Å². The third-order valence-corrected chi connectivity index (χ3v) is 1.70. The van der Waals surface area contributed by atoms with Crippen LogP contribution in [0.4, 0.5) is 0 Å². The summed E-state index contributed by atoms with van der Waals surface area (Å²) in [5, 5.41) is 3.42. The summed E-state index contributed by atoms with van der Waals surface area (Å²) in [4.78, 5) is 21.4. The van der Waals surface area contributed by atoms with Crippen LogP contribution in [0.1, 0.15) is 19.7 Å². The van der Waals surface area contributed by atoms with E-state index >= 15 is 0 Å². The van der Waals surface area contributed by atoms with E-state index in [1.807, 2.05) is 0 Å². The molecule has 0 amide bonds. The zero-order valence-electron chi connectivity index (χ0n) is 8.48. The summed E-state index contributed by atoms with van der Waals surface area (Å²) in [6, 6.07) is 0. The Hall–Kier alpha value is -1.85. The maximum Gasteiger partial charge on any atom is 0.542 e. The minimum Gasteiger partial charge on any atom is -0.461 e. The topological polar surface area (TPSA) is 82.5 Å². The molecule has 0 aliphatic heterocycles. The number of nitrogens with zero attached hydrogens (tertiary/aromatic N) is 1. The van der Waals surface area contributed by atoms with Gasteiger partial charge in [0.2, 0.25) is 5.89 Å². The molecule has 0 atom stereocenters. The van der Waals surface area contributed by atoms with Crippen LogP contribution in [0.5, 0.6) is 0 Å². The van der Waals surface area contributed by atoms with Crippen molar-refractivity contribution in [3.05, 3.63) is 29.2 Å². The van der Waals surface area contributed by atoms with Crippen molar-refractivity contribution in [2.75, 3.05) is 6.61 Å². The van der Waals surface area contributed by atoms with E-state index < -0.39 is 17.2 Å². The van der Waals surface area contributed by atoms with Crippen LogP contribution in [0.15, 0.2) is 26.4 Å². The number of aromatic nitrogens is 1. The first-order valence-corrected chi connectivity index (χ1v) is 4.22. The van der Waals surface area contributed by atoms with Gasteiger partial charge in [0.05, 0.1) is 5.41 Å². The van der Waals surface area contributed by atoms with Crippen LogP contribution in [0, 0.1) is 0 Å². The minimum atomic E-state index is -0.881. The highest BCUT2D eigenvalue weighted by atomic mass is 16.6. The average molecular weight is 213 g/mol. The van der Waals surface area contributed by atoms with Crippen LogP contribution in [0.2, 0.25) is 0 Å². The Morgan fingerprint density at radius 2 is 2.33 bits per heavy atom. The second kappa shape index (κ2) is 4.12. The lowest BCUT2D eigenvalue weighted by atomic mass is 9.95. The molecular weight excluding hydrogens is 202 g/mol. The zero-order valence-corrected chi connectivity index (χ0v) is 8.48. The second-order valence-corrected chi connectivity index (χ2v) is 3.54. The van der Waals surface area contributed by atoms with Crippen LogP contribution in [0.25, 0.3) is 0 Å². The molecule has 0 aliphatic rings. The van der Waals surface area contributed by atoms with E-state index in [9.17, 15) is 9.59 Å². The van der Waals surface area contributed by atoms with Crippen LogP contribution >= 0.6 is 0 Å². The fourth-order valence-electron chi connectivity index (χ4n) is 0.829. The predicted octanol–water partition coefficient (Wildman–Crippen LogP) is 0.635. The Kier molecular flexibility index (Phi) is 3.08. The van der Waals surface area contributed by atoms with Gasteiger partial charge in [-0.1, -0.05) is 6.58 Å². The maximum atomic E-state index is 10.8. The Labute approximate surface area is 85.5 Å². The predicted molar refractivity (Wildman–Crippen MR) is 49.2 cm³/mol. The van der Waals surface area contributed by atoms with Gasteiger partial charge >= 0.3 is 11.8 Å². The van der Waals surface area contributed by atoms with E-state index in [0.717, 1.165) is 6.08 Å². The molecule has 0 bridgehead atoms. The lowest BCUT2D eigenvalue weighted by Gasteiger charge is -2.18. The van der Waals surface area contributed by atoms with Crippen molar-refractivity contribution in [2.45, 2.75) is 19.3 Å². The molecule has 6 nitrogen and oxygen atoms in total. The van der Waals surface area contributed by atoms with Gasteiger partial charge in [0.1, 0.15) is 6.61 Å². The van der Waals surface area contributed by atoms with Gasteiger partial charge in [-0.25, -0.2) is 9.59 Å². The summed E-state index contributed by atoms with van der Waals surface area (Å²) in [6.45, 7) is 6.67. The van der Waals surface area contributed by atoms with Gasteiger partial charge in [0.25, 0.3) is 0 Å². The van der Waals surface area contributed by atoms with Gasteiger partial charge in [-0.05, 0) is 19.0 Å². The first-order chi connectivity index (χ1) is 6.95. The fourth-order valence-corrected chi connectivity index (χ4v) is 0.829. The Bertz CT molecular complexity index is 414. The van der Waals surface area contributed by atoms with Gasteiger partial charge in [0, 0.05) is 6.08 Å². The van der Waals surface area contributed by atoms with Gasteiger partial charge in [-0.2, -0.15) is 0 Å². The monoisotopic (exact) mass is 213 g/mol. The normalized spacial score (nSPS) is 11.1. The van der Waals surface area contributed by atoms with E-state index in [0.29, 0.717) is 0 Å². The lowest BCUT2D eigenvalue weighted by molar-refractivity contribution is -0.139. The highest BCUT2D eigenvalue weighted by Crippen LogP contribution is 2.20. The van der Waals surface area contributed by atoms with Gasteiger partial charge < -0.3 is 9.15 Å². The fraction of sp³-hybridized carbons (Fsp3) is 0.444. The summed E-state index contributed by atoms with van der Waals surface area (Å²) < 4.78 is 13.7. The molecule has 0 N–H and O–H groups in total. The van der Waals surface area contributed by atoms with E-state index in [-0.39, 0.29) is 12.5 Å². The number of carbonyl (C=O) groups is 1. The first-order valence-electron chi connectivity index (χ1n) is 4.22. The Morgan fingerprint density at radius 3 is 2.80 bits per heavy atom. The number of hydrogen-bond donors (Lipinski definition) is 0. The molecule has 0 saturated carbocycles. The highest BCUT2D eigenvalue weighted by molar-refractivity contribution is 5.81. The third kappa shape index (κ3) is 2.80. The quantitative estimate of drug-likeness (QED) is 0.539. The van der Waals surface area contributed by atoms with E-state index in [1.54, 1.807) is 13.8 Å². The highest BCUT2D eigenvalue weighted by Gasteiger charge is 2.29. The van der Waals surface area contributed by atoms with E-state index in [1.165, 1.54) is 0 Å². The average Bonchev–Trinajstić information content (AvgIpc) is 2.62. The summed E-state index contributed by atoms with van der Waals surface area (Å²) in [5.41, 5.74) is -0.717. The van der Waals surface area contributed by atoms with Crippen LogP contribution in [-0.2, 0) is 14.9 Å². The number of esters is 1. The van der Waals surface area contributed by atoms with E-state index in [2.05, 4.69) is 20.7 Å². The van der Waals surface area contributed by atoms with Crippen molar-refractivity contribution < 1.29 is 18.5 Å². The SMILES string of the molecule is C=CC(=O)OCC(C)(C)c1noc(=O)o1. The molecular formula is C9H11NO5. The van der Waals surface area contributed by atoms with Crippen molar-refractivity contribution in [2.24, 2.45) is 0 Å². The van der Waals surface area contributed by atoms with Crippen molar-refractivity contribution in [3.63, 3.8) is 0 Å². The zero-order chi connectivity index (χ0) is 11.5. The molecule has 0 radical (unpaired) electrons. The van der Waals surface area contributed by atoms with Gasteiger partial charge in [-0.15, -0.1) is 0 Å². The summed E-state index contributed by atoms with van der Waals surface area (Å²) in [5.74, 6) is -1.34. The Balaban J connectivity index is 2.71. The molecule has 15 heavy (non-hydrogen) atoms. The summed E-state index contributed by atoms with van der Waals surface area (Å²) in [7, 11) is 0. The lowest BCUT2D eigenvalue weighted by Crippen LogP contribution is -2.26. The Morgan fingerprint density at radius 1 is 1.67 bits per heavy atom. The van der Waals surface area contributed by atoms with Crippen molar-refractivity contribution >= 4 is 5.97 Å². The second-order valence-electron chi connectivity index (χ2n) is 3.54. The molecule has 0 saturated heterocycles. The molecule has 0 aliphatic carbocycles. The summed E-state index contributed by atoms with van der Waals surface area (Å²) >= 11 is 0. The molecule has 0 unspecified atom stereocenters. The van der Waals surface area contributed by atoms with Gasteiger partial charge in [0.15, 0.2) is 0 Å². The number of carbonyl (C=O) groups excluding carboxylic acids is 1. The van der Waals surface area contributed by atoms with Crippen LogP contribution in [0.3, 0.4) is 0 Å². The smallest absolute Gasteiger partial charge is 0.461 e. The number of rotatable bonds is 4. The minimum absolute atomic E-state index is 0.0212. The molecule has 1 aromatic rings. The molecule has 0 fully saturated rings. The largest absolute Gasteiger partial charge is 0.542 e. The maximum absolute atomic E-state index is 10.8. The number of ether oxygens (including phenoxy) is 1. The number of hydrogen-bond acceptors (Lipinski definition) is 6. The first kappa shape index (κ1) is 11.2. The van der Waals surface area contributed by atoms with Crippen molar-refractivity contribution in [1.82, 2.24) is 5.16 Å². The third-order valence-electron chi connectivity index (χ3n) is 1.70. The molecule has 82 valence electrons. The summed E-state index contributed by atoms with van der Waals surface area (Å²) in [6.07, 6.45) is 1.05. The van der Waals surface area contributed by atoms with Gasteiger partial charge in [-0.3, -0.25) is 4.52 Å². The molecule has 0 spiro atoms. The van der Waals surface area contributed by atoms with Crippen LogP contribution < -0.4 is 5.82 Å². The van der Waals surface area contributed by atoms with Crippen LogP contribution in [-0.4, -0.2) is 17.7 Å².